The normalized spacial score (nSPS) is 18.8. The fourth-order valence-corrected chi connectivity index (χ4v) is 1.09. The van der Waals surface area contributed by atoms with Gasteiger partial charge in [0.2, 0.25) is 0 Å². The first-order chi connectivity index (χ1) is 5.61. The van der Waals surface area contributed by atoms with Crippen molar-refractivity contribution in [1.29, 1.82) is 0 Å². The first-order valence-electron chi connectivity index (χ1n) is 4.44. The van der Waals surface area contributed by atoms with Crippen molar-refractivity contribution in [2.24, 2.45) is 0 Å². The Morgan fingerprint density at radius 2 is 1.92 bits per heavy atom. The van der Waals surface area contributed by atoms with E-state index in [2.05, 4.69) is 6.92 Å². The summed E-state index contributed by atoms with van der Waals surface area (Å²) < 4.78 is 10.6. The first-order valence-corrected chi connectivity index (χ1v) is 4.44. The predicted molar refractivity (Wildman–Crippen MR) is 48.2 cm³/mol. The van der Waals surface area contributed by atoms with E-state index in [0.717, 1.165) is 6.42 Å². The summed E-state index contributed by atoms with van der Waals surface area (Å²) in [4.78, 5) is 0. The second kappa shape index (κ2) is 6.40. The monoisotopic (exact) mass is 176 g/mol. The summed E-state index contributed by atoms with van der Waals surface area (Å²) in [5, 5.41) is 8.96. The van der Waals surface area contributed by atoms with Crippen LogP contribution in [0, 0.1) is 0 Å². The van der Waals surface area contributed by atoms with Crippen molar-refractivity contribution in [2.45, 2.75) is 45.5 Å². The minimum absolute atomic E-state index is 0.0506. The third-order valence-electron chi connectivity index (χ3n) is 1.83. The Morgan fingerprint density at radius 3 is 2.25 bits per heavy atom. The molecule has 0 heterocycles. The molecule has 0 aromatic carbocycles. The molecule has 3 nitrogen and oxygen atoms in total. The van der Waals surface area contributed by atoms with Crippen molar-refractivity contribution in [2.75, 3.05) is 13.7 Å². The van der Waals surface area contributed by atoms with Gasteiger partial charge in [0, 0.05) is 7.11 Å². The minimum Gasteiger partial charge on any atom is -0.391 e. The van der Waals surface area contributed by atoms with Crippen LogP contribution in [0.15, 0.2) is 0 Å². The highest BCUT2D eigenvalue weighted by Crippen LogP contribution is 2.06. The molecule has 0 fully saturated rings. The summed E-state index contributed by atoms with van der Waals surface area (Å²) >= 11 is 0. The molecule has 0 bridgehead atoms. The number of hydrogen-bond donors (Lipinski definition) is 1. The molecule has 12 heavy (non-hydrogen) atoms. The molecule has 0 aliphatic rings. The van der Waals surface area contributed by atoms with Gasteiger partial charge in [-0.1, -0.05) is 6.92 Å². The Kier molecular flexibility index (Phi) is 6.34. The standard InChI is InChI=1S/C9H20O3/c1-5-9(11-4)8(3)12-6-7(2)10/h7-10H,5-6H2,1-4H3. The largest absolute Gasteiger partial charge is 0.391 e. The number of methoxy groups -OCH3 is 1. The van der Waals surface area contributed by atoms with E-state index in [1.54, 1.807) is 14.0 Å². The number of rotatable bonds is 6. The molecule has 0 saturated heterocycles. The third-order valence-corrected chi connectivity index (χ3v) is 1.83. The topological polar surface area (TPSA) is 38.7 Å². The molecule has 0 aromatic rings. The first kappa shape index (κ1) is 11.9. The molecule has 0 aliphatic carbocycles. The van der Waals surface area contributed by atoms with Gasteiger partial charge < -0.3 is 14.6 Å². The van der Waals surface area contributed by atoms with Crippen LogP contribution in [-0.4, -0.2) is 37.1 Å². The molecule has 74 valence electrons. The molecule has 0 radical (unpaired) electrons. The van der Waals surface area contributed by atoms with Crippen molar-refractivity contribution in [3.05, 3.63) is 0 Å². The van der Waals surface area contributed by atoms with Crippen LogP contribution in [0.4, 0.5) is 0 Å². The van der Waals surface area contributed by atoms with Gasteiger partial charge in [-0.2, -0.15) is 0 Å². The van der Waals surface area contributed by atoms with Crippen molar-refractivity contribution >= 4 is 0 Å². The zero-order chi connectivity index (χ0) is 9.56. The van der Waals surface area contributed by atoms with Gasteiger partial charge in [0.15, 0.2) is 0 Å². The SMILES string of the molecule is CCC(OC)C(C)OCC(C)O. The molecule has 0 aliphatic heterocycles. The Labute approximate surface area is 74.7 Å². The van der Waals surface area contributed by atoms with Crippen LogP contribution in [0.1, 0.15) is 27.2 Å². The van der Waals surface area contributed by atoms with Gasteiger partial charge in [-0.3, -0.25) is 0 Å². The Bertz CT molecular complexity index is 99.9. The fourth-order valence-electron chi connectivity index (χ4n) is 1.09. The van der Waals surface area contributed by atoms with E-state index in [4.69, 9.17) is 14.6 Å². The minimum atomic E-state index is -0.401. The molecule has 1 N–H and O–H groups in total. The van der Waals surface area contributed by atoms with Crippen LogP contribution in [0.25, 0.3) is 0 Å². The van der Waals surface area contributed by atoms with E-state index in [0.29, 0.717) is 6.61 Å². The molecule has 0 spiro atoms. The van der Waals surface area contributed by atoms with E-state index in [-0.39, 0.29) is 12.2 Å². The van der Waals surface area contributed by atoms with Crippen LogP contribution < -0.4 is 0 Å². The number of hydrogen-bond acceptors (Lipinski definition) is 3. The molecule has 0 saturated carbocycles. The van der Waals surface area contributed by atoms with Gasteiger partial charge in [-0.05, 0) is 20.3 Å². The van der Waals surface area contributed by atoms with Gasteiger partial charge in [0.1, 0.15) is 0 Å². The lowest BCUT2D eigenvalue weighted by Gasteiger charge is -2.22. The van der Waals surface area contributed by atoms with E-state index >= 15 is 0 Å². The van der Waals surface area contributed by atoms with Gasteiger partial charge in [-0.15, -0.1) is 0 Å². The van der Waals surface area contributed by atoms with Crippen LogP contribution in [0.3, 0.4) is 0 Å². The summed E-state index contributed by atoms with van der Waals surface area (Å²) in [6.07, 6.45) is 0.706. The quantitative estimate of drug-likeness (QED) is 0.661. The summed E-state index contributed by atoms with van der Waals surface area (Å²) in [6.45, 7) is 6.10. The maximum Gasteiger partial charge on any atom is 0.0827 e. The molecule has 3 heteroatoms. The zero-order valence-electron chi connectivity index (χ0n) is 8.41. The van der Waals surface area contributed by atoms with Crippen LogP contribution in [0.5, 0.6) is 0 Å². The van der Waals surface area contributed by atoms with Crippen molar-refractivity contribution in [3.8, 4) is 0 Å². The van der Waals surface area contributed by atoms with Gasteiger partial charge in [-0.25, -0.2) is 0 Å². The summed E-state index contributed by atoms with van der Waals surface area (Å²) in [6, 6.07) is 0. The lowest BCUT2D eigenvalue weighted by Crippen LogP contribution is -2.29. The summed E-state index contributed by atoms with van der Waals surface area (Å²) in [5.41, 5.74) is 0. The molecular weight excluding hydrogens is 156 g/mol. The third kappa shape index (κ3) is 4.70. The van der Waals surface area contributed by atoms with E-state index in [9.17, 15) is 0 Å². The van der Waals surface area contributed by atoms with Gasteiger partial charge in [0.05, 0.1) is 24.9 Å². The molecule has 0 aromatic heterocycles. The number of aliphatic hydroxyl groups is 1. The summed E-state index contributed by atoms with van der Waals surface area (Å²) in [7, 11) is 1.68. The van der Waals surface area contributed by atoms with Crippen LogP contribution in [0.2, 0.25) is 0 Å². The second-order valence-electron chi connectivity index (χ2n) is 3.07. The molecule has 0 amide bonds. The molecule has 0 rings (SSSR count). The molecular formula is C9H20O3. The maximum atomic E-state index is 8.96. The van der Waals surface area contributed by atoms with E-state index in [1.807, 2.05) is 6.92 Å². The zero-order valence-corrected chi connectivity index (χ0v) is 8.41. The highest BCUT2D eigenvalue weighted by Gasteiger charge is 2.15. The smallest absolute Gasteiger partial charge is 0.0827 e. The maximum absolute atomic E-state index is 8.96. The van der Waals surface area contributed by atoms with Gasteiger partial charge >= 0.3 is 0 Å². The molecule has 3 unspecified atom stereocenters. The second-order valence-corrected chi connectivity index (χ2v) is 3.07. The average molecular weight is 176 g/mol. The predicted octanol–water partition coefficient (Wildman–Crippen LogP) is 1.20. The number of ether oxygens (including phenoxy) is 2. The average Bonchev–Trinajstić information content (AvgIpc) is 2.03. The Morgan fingerprint density at radius 1 is 1.33 bits per heavy atom. The van der Waals surface area contributed by atoms with Gasteiger partial charge in [0.25, 0.3) is 0 Å². The highest BCUT2D eigenvalue weighted by atomic mass is 16.5. The van der Waals surface area contributed by atoms with Crippen molar-refractivity contribution in [3.63, 3.8) is 0 Å². The van der Waals surface area contributed by atoms with Crippen molar-refractivity contribution in [1.82, 2.24) is 0 Å². The number of aliphatic hydroxyl groups excluding tert-OH is 1. The Hall–Kier alpha value is -0.120. The van der Waals surface area contributed by atoms with Crippen LogP contribution in [-0.2, 0) is 9.47 Å². The molecule has 3 atom stereocenters. The lowest BCUT2D eigenvalue weighted by atomic mass is 10.2. The fraction of sp³-hybridized carbons (Fsp3) is 1.00. The van der Waals surface area contributed by atoms with E-state index < -0.39 is 6.10 Å². The Balaban J connectivity index is 3.61. The van der Waals surface area contributed by atoms with E-state index in [1.165, 1.54) is 0 Å². The summed E-state index contributed by atoms with van der Waals surface area (Å²) in [5.74, 6) is 0. The van der Waals surface area contributed by atoms with Crippen molar-refractivity contribution < 1.29 is 14.6 Å². The highest BCUT2D eigenvalue weighted by molar-refractivity contribution is 4.64. The van der Waals surface area contributed by atoms with Crippen LogP contribution >= 0.6 is 0 Å². The lowest BCUT2D eigenvalue weighted by molar-refractivity contribution is -0.0692.